The number of esters is 1. The Hall–Kier alpha value is -2.83. The van der Waals surface area contributed by atoms with E-state index in [9.17, 15) is 22.8 Å². The van der Waals surface area contributed by atoms with Gasteiger partial charge in [-0.25, -0.2) is 9.59 Å². The third kappa shape index (κ3) is 4.34. The molecule has 2 aromatic rings. The van der Waals surface area contributed by atoms with E-state index in [1.807, 2.05) is 31.2 Å². The molecule has 0 unspecified atom stereocenters. The molecule has 0 saturated heterocycles. The lowest BCUT2D eigenvalue weighted by Crippen LogP contribution is -2.30. The molecule has 0 heterocycles. The summed E-state index contributed by atoms with van der Waals surface area (Å²) in [6.07, 6.45) is -6.72. The third-order valence-electron chi connectivity index (χ3n) is 3.19. The standard InChI is InChI=1S/C17H14F3NO3/c1-10-3-6-12(7-4-10)13-8-5-11(2)9-14(13)21-16(23)24-15(22)17(18,19)20/h3-9H,1-2H3,(H,21,23). The summed E-state index contributed by atoms with van der Waals surface area (Å²) >= 11 is 0. The van der Waals surface area contributed by atoms with Crippen LogP contribution >= 0.6 is 0 Å². The Morgan fingerprint density at radius 3 is 2.12 bits per heavy atom. The molecule has 2 aromatic carbocycles. The lowest BCUT2D eigenvalue weighted by molar-refractivity contribution is -0.192. The first-order valence-corrected chi connectivity index (χ1v) is 6.94. The zero-order valence-electron chi connectivity index (χ0n) is 12.9. The molecule has 0 spiro atoms. The molecule has 126 valence electrons. The molecule has 7 heteroatoms. The van der Waals surface area contributed by atoms with E-state index in [0.29, 0.717) is 5.56 Å². The van der Waals surface area contributed by atoms with Gasteiger partial charge in [-0.1, -0.05) is 42.0 Å². The largest absolute Gasteiger partial charge is 0.491 e. The van der Waals surface area contributed by atoms with Crippen LogP contribution in [-0.2, 0) is 9.53 Å². The van der Waals surface area contributed by atoms with Gasteiger partial charge in [-0.15, -0.1) is 0 Å². The van der Waals surface area contributed by atoms with Crippen molar-refractivity contribution in [2.45, 2.75) is 20.0 Å². The molecule has 0 aliphatic carbocycles. The van der Waals surface area contributed by atoms with Crippen LogP contribution in [0.25, 0.3) is 11.1 Å². The maximum absolute atomic E-state index is 12.1. The van der Waals surface area contributed by atoms with E-state index >= 15 is 0 Å². The minimum atomic E-state index is -5.23. The Balaban J connectivity index is 2.26. The van der Waals surface area contributed by atoms with E-state index in [1.54, 1.807) is 25.1 Å². The SMILES string of the molecule is Cc1ccc(-c2ccc(C)cc2NC(=O)OC(=O)C(F)(F)F)cc1. The summed E-state index contributed by atoms with van der Waals surface area (Å²) in [5.74, 6) is -2.57. The van der Waals surface area contributed by atoms with Crippen LogP contribution in [0.1, 0.15) is 11.1 Å². The van der Waals surface area contributed by atoms with Gasteiger partial charge in [0, 0.05) is 5.56 Å². The molecule has 2 rings (SSSR count). The first-order valence-electron chi connectivity index (χ1n) is 6.94. The van der Waals surface area contributed by atoms with Crippen LogP contribution in [-0.4, -0.2) is 18.2 Å². The molecule has 0 aliphatic rings. The highest BCUT2D eigenvalue weighted by molar-refractivity contribution is 5.97. The van der Waals surface area contributed by atoms with Gasteiger partial charge in [0.2, 0.25) is 0 Å². The normalized spacial score (nSPS) is 11.0. The van der Waals surface area contributed by atoms with E-state index in [1.165, 1.54) is 0 Å². The monoisotopic (exact) mass is 337 g/mol. The number of halogens is 3. The fourth-order valence-electron chi connectivity index (χ4n) is 2.02. The molecule has 24 heavy (non-hydrogen) atoms. The second-order valence-corrected chi connectivity index (χ2v) is 5.21. The number of hydrogen-bond donors (Lipinski definition) is 1. The summed E-state index contributed by atoms with van der Waals surface area (Å²) in [6.45, 7) is 3.68. The van der Waals surface area contributed by atoms with Crippen LogP contribution in [0.3, 0.4) is 0 Å². The number of anilines is 1. The molecule has 1 amide bonds. The highest BCUT2D eigenvalue weighted by atomic mass is 19.4. The van der Waals surface area contributed by atoms with Crippen molar-refractivity contribution in [3.05, 3.63) is 53.6 Å². The molecule has 1 N–H and O–H groups in total. The van der Waals surface area contributed by atoms with Crippen molar-refractivity contribution < 1.29 is 27.5 Å². The fraction of sp³-hybridized carbons (Fsp3) is 0.176. The number of aryl methyl sites for hydroxylation is 2. The smallest absolute Gasteiger partial charge is 0.369 e. The van der Waals surface area contributed by atoms with Gasteiger partial charge in [0.1, 0.15) is 0 Å². The van der Waals surface area contributed by atoms with Gasteiger partial charge >= 0.3 is 18.2 Å². The van der Waals surface area contributed by atoms with Crippen LogP contribution in [0.5, 0.6) is 0 Å². The molecular weight excluding hydrogens is 323 g/mol. The molecule has 4 nitrogen and oxygen atoms in total. The number of benzene rings is 2. The van der Waals surface area contributed by atoms with E-state index in [-0.39, 0.29) is 5.69 Å². The van der Waals surface area contributed by atoms with Gasteiger partial charge in [-0.05, 0) is 31.0 Å². The minimum Gasteiger partial charge on any atom is -0.369 e. The second kappa shape index (κ2) is 6.74. The van der Waals surface area contributed by atoms with Crippen LogP contribution < -0.4 is 5.32 Å². The van der Waals surface area contributed by atoms with Crippen molar-refractivity contribution in [1.82, 2.24) is 0 Å². The van der Waals surface area contributed by atoms with E-state index in [0.717, 1.165) is 16.7 Å². The maximum atomic E-state index is 12.1. The zero-order chi connectivity index (χ0) is 17.9. The number of amides is 1. The molecule has 0 radical (unpaired) electrons. The zero-order valence-corrected chi connectivity index (χ0v) is 12.9. The second-order valence-electron chi connectivity index (χ2n) is 5.21. The Bertz CT molecular complexity index is 768. The summed E-state index contributed by atoms with van der Waals surface area (Å²) < 4.78 is 40.2. The van der Waals surface area contributed by atoms with Gasteiger partial charge in [0.25, 0.3) is 0 Å². The number of rotatable bonds is 2. The highest BCUT2D eigenvalue weighted by Crippen LogP contribution is 2.29. The summed E-state index contributed by atoms with van der Waals surface area (Å²) in [5, 5.41) is 2.19. The minimum absolute atomic E-state index is 0.249. The van der Waals surface area contributed by atoms with Gasteiger partial charge < -0.3 is 4.74 Å². The number of alkyl halides is 3. The quantitative estimate of drug-likeness (QED) is 0.643. The number of nitrogens with one attached hydrogen (secondary N) is 1. The molecule has 0 fully saturated rings. The Morgan fingerprint density at radius 1 is 0.958 bits per heavy atom. The van der Waals surface area contributed by atoms with Gasteiger partial charge in [-0.3, -0.25) is 5.32 Å². The Labute approximate surface area is 136 Å². The van der Waals surface area contributed by atoms with E-state index in [2.05, 4.69) is 10.1 Å². The van der Waals surface area contributed by atoms with E-state index in [4.69, 9.17) is 0 Å². The number of carbonyl (C=O) groups excluding carboxylic acids is 2. The molecule has 0 atom stereocenters. The van der Waals surface area contributed by atoms with Gasteiger partial charge in [0.05, 0.1) is 5.69 Å². The predicted octanol–water partition coefficient (Wildman–Crippen LogP) is 4.61. The molecule has 0 aliphatic heterocycles. The predicted molar refractivity (Wildman–Crippen MR) is 82.5 cm³/mol. The summed E-state index contributed by atoms with van der Waals surface area (Å²) in [7, 11) is 0. The van der Waals surface area contributed by atoms with Crippen LogP contribution in [0.15, 0.2) is 42.5 Å². The molecule has 0 saturated carbocycles. The van der Waals surface area contributed by atoms with Crippen LogP contribution in [0.4, 0.5) is 23.7 Å². The Morgan fingerprint density at radius 2 is 1.54 bits per heavy atom. The van der Waals surface area contributed by atoms with Gasteiger partial charge in [0.15, 0.2) is 0 Å². The number of carbonyl (C=O) groups is 2. The van der Waals surface area contributed by atoms with E-state index < -0.39 is 18.2 Å². The molecular formula is C17H14F3NO3. The third-order valence-corrected chi connectivity index (χ3v) is 3.19. The molecule has 0 aromatic heterocycles. The Kier molecular flexibility index (Phi) is 4.92. The lowest BCUT2D eigenvalue weighted by Gasteiger charge is -2.13. The van der Waals surface area contributed by atoms with Crippen LogP contribution in [0, 0.1) is 13.8 Å². The fourth-order valence-corrected chi connectivity index (χ4v) is 2.02. The van der Waals surface area contributed by atoms with Crippen molar-refractivity contribution in [3.63, 3.8) is 0 Å². The topological polar surface area (TPSA) is 55.4 Å². The van der Waals surface area contributed by atoms with Crippen molar-refractivity contribution >= 4 is 17.7 Å². The number of ether oxygens (including phenoxy) is 1. The highest BCUT2D eigenvalue weighted by Gasteiger charge is 2.42. The maximum Gasteiger partial charge on any atom is 0.491 e. The summed E-state index contributed by atoms with van der Waals surface area (Å²) in [4.78, 5) is 22.3. The first kappa shape index (κ1) is 17.5. The summed E-state index contributed by atoms with van der Waals surface area (Å²) in [5.41, 5.74) is 3.42. The average Bonchev–Trinajstić information content (AvgIpc) is 2.47. The van der Waals surface area contributed by atoms with Crippen LogP contribution in [0.2, 0.25) is 0 Å². The lowest BCUT2D eigenvalue weighted by atomic mass is 10.0. The summed E-state index contributed by atoms with van der Waals surface area (Å²) in [6, 6.07) is 12.5. The van der Waals surface area contributed by atoms with Crippen molar-refractivity contribution in [2.75, 3.05) is 5.32 Å². The molecule has 0 bridgehead atoms. The van der Waals surface area contributed by atoms with Gasteiger partial charge in [-0.2, -0.15) is 13.2 Å². The van der Waals surface area contributed by atoms with Crippen molar-refractivity contribution in [2.24, 2.45) is 0 Å². The van der Waals surface area contributed by atoms with Crippen molar-refractivity contribution in [1.29, 1.82) is 0 Å². The van der Waals surface area contributed by atoms with Crippen molar-refractivity contribution in [3.8, 4) is 11.1 Å². The first-order chi connectivity index (χ1) is 11.2. The average molecular weight is 337 g/mol. The number of hydrogen-bond acceptors (Lipinski definition) is 3.